The molecule has 0 aliphatic rings. The average molecular weight is 246 g/mol. The highest BCUT2D eigenvalue weighted by Gasteiger charge is 2.13. The second-order valence-electron chi connectivity index (χ2n) is 5.21. The number of nitrogens with one attached hydrogen (secondary N) is 1. The number of carbonyl (C=O) groups excluding carboxylic acids is 1. The Morgan fingerprint density at radius 1 is 1.44 bits per heavy atom. The number of rotatable bonds is 4. The van der Waals surface area contributed by atoms with Gasteiger partial charge >= 0.3 is 0 Å². The van der Waals surface area contributed by atoms with E-state index in [1.165, 1.54) is 6.07 Å². The highest BCUT2D eigenvalue weighted by molar-refractivity contribution is 5.98. The van der Waals surface area contributed by atoms with E-state index in [0.29, 0.717) is 11.1 Å². The van der Waals surface area contributed by atoms with Crippen molar-refractivity contribution in [3.05, 3.63) is 29.3 Å². The molecule has 1 aromatic rings. The predicted octanol–water partition coefficient (Wildman–Crippen LogP) is 2.03. The highest BCUT2D eigenvalue weighted by atomic mass is 16.3. The van der Waals surface area contributed by atoms with Crippen molar-refractivity contribution in [2.45, 2.75) is 32.7 Å². The molecule has 2 N–H and O–H groups in total. The molecular formula is C14H18N2O2. The Balaban J connectivity index is 2.81. The zero-order valence-corrected chi connectivity index (χ0v) is 10.9. The van der Waals surface area contributed by atoms with Gasteiger partial charge in [-0.15, -0.1) is 0 Å². The molecule has 0 unspecified atom stereocenters. The first-order chi connectivity index (χ1) is 8.33. The van der Waals surface area contributed by atoms with Gasteiger partial charge in [-0.3, -0.25) is 4.79 Å². The SMILES string of the molecule is CC(C)(C)NCC(=O)c1ccc(O)c(CC#N)c1. The minimum atomic E-state index is -0.123. The van der Waals surface area contributed by atoms with E-state index in [4.69, 9.17) is 5.26 Å². The van der Waals surface area contributed by atoms with Crippen molar-refractivity contribution in [3.8, 4) is 11.8 Å². The van der Waals surface area contributed by atoms with E-state index in [0.717, 1.165) is 0 Å². The van der Waals surface area contributed by atoms with E-state index in [-0.39, 0.29) is 30.0 Å². The van der Waals surface area contributed by atoms with Crippen LogP contribution in [0.3, 0.4) is 0 Å². The number of ketones is 1. The van der Waals surface area contributed by atoms with Gasteiger partial charge in [0.15, 0.2) is 5.78 Å². The van der Waals surface area contributed by atoms with Crippen LogP contribution in [-0.2, 0) is 6.42 Å². The third-order valence-electron chi connectivity index (χ3n) is 2.45. The van der Waals surface area contributed by atoms with Crippen molar-refractivity contribution >= 4 is 5.78 Å². The molecule has 0 heterocycles. The first kappa shape index (κ1) is 14.2. The van der Waals surface area contributed by atoms with Crippen LogP contribution in [0.2, 0.25) is 0 Å². The molecule has 1 aromatic carbocycles. The first-order valence-electron chi connectivity index (χ1n) is 5.80. The number of hydrogen-bond acceptors (Lipinski definition) is 4. The Hall–Kier alpha value is -1.86. The lowest BCUT2D eigenvalue weighted by molar-refractivity contribution is 0.0982. The van der Waals surface area contributed by atoms with E-state index in [1.807, 2.05) is 26.8 Å². The van der Waals surface area contributed by atoms with Crippen LogP contribution in [0.15, 0.2) is 18.2 Å². The van der Waals surface area contributed by atoms with Gasteiger partial charge in [-0.05, 0) is 39.0 Å². The molecule has 0 saturated heterocycles. The smallest absolute Gasteiger partial charge is 0.176 e. The molecule has 0 amide bonds. The number of nitrogens with zero attached hydrogens (tertiary/aromatic N) is 1. The molecule has 96 valence electrons. The summed E-state index contributed by atoms with van der Waals surface area (Å²) in [4.78, 5) is 11.9. The minimum absolute atomic E-state index is 0.0517. The Morgan fingerprint density at radius 2 is 2.11 bits per heavy atom. The molecule has 4 nitrogen and oxygen atoms in total. The average Bonchev–Trinajstić information content (AvgIpc) is 2.28. The van der Waals surface area contributed by atoms with Gasteiger partial charge in [0.2, 0.25) is 0 Å². The fourth-order valence-corrected chi connectivity index (χ4v) is 1.43. The molecule has 0 spiro atoms. The Morgan fingerprint density at radius 3 is 2.67 bits per heavy atom. The zero-order valence-electron chi connectivity index (χ0n) is 10.9. The lowest BCUT2D eigenvalue weighted by atomic mass is 10.0. The second kappa shape index (κ2) is 5.65. The summed E-state index contributed by atoms with van der Waals surface area (Å²) in [6.45, 7) is 6.19. The van der Waals surface area contributed by atoms with Crippen LogP contribution < -0.4 is 5.32 Å². The van der Waals surface area contributed by atoms with Crippen molar-refractivity contribution in [2.75, 3.05) is 6.54 Å². The number of hydrogen-bond donors (Lipinski definition) is 2. The van der Waals surface area contributed by atoms with Gasteiger partial charge in [0.05, 0.1) is 19.0 Å². The lowest BCUT2D eigenvalue weighted by Crippen LogP contribution is -2.39. The van der Waals surface area contributed by atoms with Crippen LogP contribution in [0.25, 0.3) is 0 Å². The van der Waals surface area contributed by atoms with E-state index in [1.54, 1.807) is 12.1 Å². The van der Waals surface area contributed by atoms with Crippen LogP contribution >= 0.6 is 0 Å². The number of phenolic OH excluding ortho intramolecular Hbond substituents is 1. The molecule has 0 radical (unpaired) electrons. The van der Waals surface area contributed by atoms with Crippen molar-refractivity contribution in [1.29, 1.82) is 5.26 Å². The maximum Gasteiger partial charge on any atom is 0.176 e. The number of phenols is 1. The Kier molecular flexibility index (Phi) is 4.46. The summed E-state index contributed by atoms with van der Waals surface area (Å²) in [6, 6.07) is 6.56. The quantitative estimate of drug-likeness (QED) is 0.797. The first-order valence-corrected chi connectivity index (χ1v) is 5.80. The Bertz CT molecular complexity index is 482. The summed E-state index contributed by atoms with van der Waals surface area (Å²) in [5.41, 5.74) is 0.871. The standard InChI is InChI=1S/C14H18N2O2/c1-14(2,3)16-9-13(18)10-4-5-12(17)11(8-10)6-7-15/h4-5,8,16-17H,6,9H2,1-3H3. The van der Waals surface area contributed by atoms with Gasteiger partial charge < -0.3 is 10.4 Å². The molecule has 1 rings (SSSR count). The third-order valence-corrected chi connectivity index (χ3v) is 2.45. The molecule has 0 aliphatic carbocycles. The normalized spacial score (nSPS) is 11.0. The number of carbonyl (C=O) groups is 1. The van der Waals surface area contributed by atoms with E-state index >= 15 is 0 Å². The van der Waals surface area contributed by atoms with Gasteiger partial charge in [-0.1, -0.05) is 0 Å². The summed E-state index contributed by atoms with van der Waals surface area (Å²) >= 11 is 0. The second-order valence-corrected chi connectivity index (χ2v) is 5.21. The van der Waals surface area contributed by atoms with Crippen LogP contribution in [0, 0.1) is 11.3 Å². The monoisotopic (exact) mass is 246 g/mol. The van der Waals surface area contributed by atoms with Gasteiger partial charge in [0.1, 0.15) is 5.75 Å². The molecule has 0 bridgehead atoms. The fourth-order valence-electron chi connectivity index (χ4n) is 1.43. The van der Waals surface area contributed by atoms with Crippen LogP contribution in [0.4, 0.5) is 0 Å². The van der Waals surface area contributed by atoms with Crippen LogP contribution in [0.1, 0.15) is 36.7 Å². The highest BCUT2D eigenvalue weighted by Crippen LogP contribution is 2.19. The van der Waals surface area contributed by atoms with E-state index in [2.05, 4.69) is 5.32 Å². The summed E-state index contributed by atoms with van der Waals surface area (Å²) < 4.78 is 0. The summed E-state index contributed by atoms with van der Waals surface area (Å²) in [6.07, 6.45) is 0.0969. The van der Waals surface area contributed by atoms with E-state index in [9.17, 15) is 9.90 Å². The van der Waals surface area contributed by atoms with Crippen LogP contribution in [0.5, 0.6) is 5.75 Å². The third kappa shape index (κ3) is 4.19. The predicted molar refractivity (Wildman–Crippen MR) is 69.5 cm³/mol. The molecule has 0 aliphatic heterocycles. The number of aromatic hydroxyl groups is 1. The molecule has 0 saturated carbocycles. The van der Waals surface area contributed by atoms with Gasteiger partial charge in [0, 0.05) is 16.7 Å². The maximum absolute atomic E-state index is 11.9. The minimum Gasteiger partial charge on any atom is -0.508 e. The summed E-state index contributed by atoms with van der Waals surface area (Å²) in [7, 11) is 0. The van der Waals surface area contributed by atoms with E-state index < -0.39 is 0 Å². The Labute approximate surface area is 107 Å². The van der Waals surface area contributed by atoms with Gasteiger partial charge in [-0.25, -0.2) is 0 Å². The summed E-state index contributed by atoms with van der Waals surface area (Å²) in [5.74, 6) is 0.000922. The van der Waals surface area contributed by atoms with Crippen molar-refractivity contribution in [3.63, 3.8) is 0 Å². The summed E-state index contributed by atoms with van der Waals surface area (Å²) in [5, 5.41) is 21.3. The van der Waals surface area contributed by atoms with Crippen LogP contribution in [-0.4, -0.2) is 23.0 Å². The molecule has 4 heteroatoms. The molecule has 18 heavy (non-hydrogen) atoms. The topological polar surface area (TPSA) is 73.1 Å². The molecule has 0 aromatic heterocycles. The lowest BCUT2D eigenvalue weighted by Gasteiger charge is -2.19. The number of nitriles is 1. The maximum atomic E-state index is 11.9. The number of benzene rings is 1. The fraction of sp³-hybridized carbons (Fsp3) is 0.429. The van der Waals surface area contributed by atoms with Crippen molar-refractivity contribution in [1.82, 2.24) is 5.32 Å². The number of Topliss-reactive ketones (excluding diaryl/α,β-unsaturated/α-hetero) is 1. The molecule has 0 atom stereocenters. The van der Waals surface area contributed by atoms with Crippen molar-refractivity contribution in [2.24, 2.45) is 0 Å². The van der Waals surface area contributed by atoms with Crippen molar-refractivity contribution < 1.29 is 9.90 Å². The van der Waals surface area contributed by atoms with Gasteiger partial charge in [-0.2, -0.15) is 5.26 Å². The molecular weight excluding hydrogens is 228 g/mol. The van der Waals surface area contributed by atoms with Gasteiger partial charge in [0.25, 0.3) is 0 Å². The molecule has 0 fully saturated rings. The largest absolute Gasteiger partial charge is 0.508 e. The zero-order chi connectivity index (χ0) is 13.8.